The van der Waals surface area contributed by atoms with Crippen molar-refractivity contribution >= 4 is 27.3 Å². The van der Waals surface area contributed by atoms with Crippen molar-refractivity contribution in [1.82, 2.24) is 0 Å². The summed E-state index contributed by atoms with van der Waals surface area (Å²) in [5.41, 5.74) is 3.42. The molecule has 0 saturated heterocycles. The van der Waals surface area contributed by atoms with E-state index < -0.39 is 0 Å². The Balaban J connectivity index is 2.08. The SMILES string of the molecule is COc1ccc(-c2cc(-c3c(Br)cc(OC)cc3OC)sc2C)cc1. The van der Waals surface area contributed by atoms with Gasteiger partial charge in [0.2, 0.25) is 0 Å². The Labute approximate surface area is 160 Å². The molecule has 5 heteroatoms. The lowest BCUT2D eigenvalue weighted by molar-refractivity contribution is 0.395. The second-order valence-corrected chi connectivity index (χ2v) is 7.61. The molecule has 2 aromatic carbocycles. The largest absolute Gasteiger partial charge is 0.497 e. The van der Waals surface area contributed by atoms with E-state index >= 15 is 0 Å². The van der Waals surface area contributed by atoms with Crippen LogP contribution in [-0.2, 0) is 0 Å². The average molecular weight is 419 g/mol. The zero-order valence-corrected chi connectivity index (χ0v) is 17.0. The predicted molar refractivity (Wildman–Crippen MR) is 107 cm³/mol. The highest BCUT2D eigenvalue weighted by Gasteiger charge is 2.17. The maximum Gasteiger partial charge on any atom is 0.132 e. The molecule has 25 heavy (non-hydrogen) atoms. The topological polar surface area (TPSA) is 27.7 Å². The van der Waals surface area contributed by atoms with E-state index in [0.29, 0.717) is 0 Å². The van der Waals surface area contributed by atoms with Crippen LogP contribution in [0.5, 0.6) is 17.2 Å². The van der Waals surface area contributed by atoms with Crippen molar-refractivity contribution < 1.29 is 14.2 Å². The van der Waals surface area contributed by atoms with Crippen molar-refractivity contribution in [3.05, 3.63) is 51.8 Å². The molecule has 130 valence electrons. The van der Waals surface area contributed by atoms with Gasteiger partial charge in [0.1, 0.15) is 17.2 Å². The standard InChI is InChI=1S/C20H19BrO3S/c1-12-16(13-5-7-14(22-2)8-6-13)11-19(25-12)20-17(21)9-15(23-3)10-18(20)24-4/h5-11H,1-4H3. The normalized spacial score (nSPS) is 10.6. The van der Waals surface area contributed by atoms with Crippen LogP contribution in [0.2, 0.25) is 0 Å². The summed E-state index contributed by atoms with van der Waals surface area (Å²) in [5.74, 6) is 2.40. The van der Waals surface area contributed by atoms with E-state index in [1.165, 1.54) is 16.0 Å². The zero-order chi connectivity index (χ0) is 18.0. The van der Waals surface area contributed by atoms with Crippen molar-refractivity contribution in [3.8, 4) is 38.8 Å². The first kappa shape index (κ1) is 17.8. The molecule has 3 rings (SSSR count). The second kappa shape index (κ2) is 7.50. The minimum atomic E-state index is 0.760. The first-order valence-corrected chi connectivity index (χ1v) is 9.35. The number of benzene rings is 2. The van der Waals surface area contributed by atoms with Crippen LogP contribution >= 0.6 is 27.3 Å². The van der Waals surface area contributed by atoms with Crippen LogP contribution in [-0.4, -0.2) is 21.3 Å². The van der Waals surface area contributed by atoms with Crippen molar-refractivity contribution in [3.63, 3.8) is 0 Å². The smallest absolute Gasteiger partial charge is 0.132 e. The summed E-state index contributed by atoms with van der Waals surface area (Å²) in [6, 6.07) is 14.2. The highest BCUT2D eigenvalue weighted by molar-refractivity contribution is 9.10. The van der Waals surface area contributed by atoms with Crippen molar-refractivity contribution in [2.24, 2.45) is 0 Å². The van der Waals surface area contributed by atoms with Crippen molar-refractivity contribution in [2.75, 3.05) is 21.3 Å². The Morgan fingerprint density at radius 3 is 2.12 bits per heavy atom. The van der Waals surface area contributed by atoms with Crippen LogP contribution in [0.4, 0.5) is 0 Å². The minimum absolute atomic E-state index is 0.760. The zero-order valence-electron chi connectivity index (χ0n) is 14.6. The maximum absolute atomic E-state index is 5.59. The Hall–Kier alpha value is -1.98. The average Bonchev–Trinajstić information content (AvgIpc) is 3.02. The fourth-order valence-corrected chi connectivity index (χ4v) is 4.61. The molecular weight excluding hydrogens is 400 g/mol. The van der Waals surface area contributed by atoms with Gasteiger partial charge in [-0.1, -0.05) is 12.1 Å². The van der Waals surface area contributed by atoms with Gasteiger partial charge in [-0.05, 0) is 58.2 Å². The van der Waals surface area contributed by atoms with Gasteiger partial charge in [0.25, 0.3) is 0 Å². The third-order valence-corrected chi connectivity index (χ3v) is 5.74. The molecule has 0 radical (unpaired) electrons. The van der Waals surface area contributed by atoms with E-state index in [4.69, 9.17) is 14.2 Å². The summed E-state index contributed by atoms with van der Waals surface area (Å²) in [4.78, 5) is 2.40. The Bertz CT molecular complexity index is 885. The van der Waals surface area contributed by atoms with Crippen molar-refractivity contribution in [2.45, 2.75) is 6.92 Å². The molecule has 0 N–H and O–H groups in total. The molecule has 0 fully saturated rings. The van der Waals surface area contributed by atoms with Crippen LogP contribution in [0.15, 0.2) is 46.9 Å². The third kappa shape index (κ3) is 3.53. The van der Waals surface area contributed by atoms with Gasteiger partial charge in [0, 0.05) is 25.9 Å². The predicted octanol–water partition coefficient (Wildman–Crippen LogP) is 6.18. The lowest BCUT2D eigenvalue weighted by Gasteiger charge is -2.11. The van der Waals surface area contributed by atoms with Crippen molar-refractivity contribution in [1.29, 1.82) is 0 Å². The first-order valence-electron chi connectivity index (χ1n) is 7.74. The first-order chi connectivity index (χ1) is 12.1. The Morgan fingerprint density at radius 1 is 0.840 bits per heavy atom. The number of aryl methyl sites for hydroxylation is 1. The molecule has 1 aromatic heterocycles. The van der Waals surface area contributed by atoms with E-state index in [1.807, 2.05) is 24.3 Å². The molecule has 1 heterocycles. The number of halogens is 1. The molecule has 3 nitrogen and oxygen atoms in total. The summed E-state index contributed by atoms with van der Waals surface area (Å²) in [6.07, 6.45) is 0. The van der Waals surface area contributed by atoms with Crippen LogP contribution < -0.4 is 14.2 Å². The fourth-order valence-electron chi connectivity index (χ4n) is 2.74. The number of ether oxygens (including phenoxy) is 3. The molecule has 0 aliphatic rings. The monoisotopic (exact) mass is 418 g/mol. The van der Waals surface area contributed by atoms with Gasteiger partial charge in [0.05, 0.1) is 21.3 Å². The fraction of sp³-hybridized carbons (Fsp3) is 0.200. The molecule has 0 amide bonds. The van der Waals surface area contributed by atoms with E-state index in [-0.39, 0.29) is 0 Å². The van der Waals surface area contributed by atoms with Gasteiger partial charge in [-0.25, -0.2) is 0 Å². The number of rotatable bonds is 5. The minimum Gasteiger partial charge on any atom is -0.497 e. The second-order valence-electron chi connectivity index (χ2n) is 5.50. The van der Waals surface area contributed by atoms with E-state index in [0.717, 1.165) is 32.2 Å². The third-order valence-electron chi connectivity index (χ3n) is 4.05. The highest BCUT2D eigenvalue weighted by atomic mass is 79.9. The number of thiophene rings is 1. The quantitative estimate of drug-likeness (QED) is 0.494. The number of hydrogen-bond donors (Lipinski definition) is 0. The molecule has 0 aliphatic carbocycles. The van der Waals surface area contributed by atoms with Crippen LogP contribution in [0.25, 0.3) is 21.6 Å². The van der Waals surface area contributed by atoms with Crippen LogP contribution in [0, 0.1) is 6.92 Å². The molecule has 0 unspecified atom stereocenters. The summed E-state index contributed by atoms with van der Waals surface area (Å²) < 4.78 is 17.1. The van der Waals surface area contributed by atoms with E-state index in [9.17, 15) is 0 Å². The van der Waals surface area contributed by atoms with E-state index in [1.54, 1.807) is 32.7 Å². The Morgan fingerprint density at radius 2 is 1.52 bits per heavy atom. The molecule has 0 saturated carbocycles. The van der Waals surface area contributed by atoms with Crippen LogP contribution in [0.1, 0.15) is 4.88 Å². The number of methoxy groups -OCH3 is 3. The molecular formula is C20H19BrO3S. The molecule has 3 aromatic rings. The lowest BCUT2D eigenvalue weighted by Crippen LogP contribution is -1.91. The molecule has 0 bridgehead atoms. The van der Waals surface area contributed by atoms with Gasteiger partial charge in [-0.3, -0.25) is 0 Å². The Kier molecular flexibility index (Phi) is 5.35. The van der Waals surface area contributed by atoms with Gasteiger partial charge in [-0.2, -0.15) is 0 Å². The highest BCUT2D eigenvalue weighted by Crippen LogP contribution is 2.45. The molecule has 0 atom stereocenters. The lowest BCUT2D eigenvalue weighted by atomic mass is 10.0. The summed E-state index contributed by atoms with van der Waals surface area (Å²) >= 11 is 5.40. The summed E-state index contributed by atoms with van der Waals surface area (Å²) in [6.45, 7) is 2.14. The van der Waals surface area contributed by atoms with Gasteiger partial charge < -0.3 is 14.2 Å². The molecule has 0 spiro atoms. The van der Waals surface area contributed by atoms with Gasteiger partial charge in [-0.15, -0.1) is 11.3 Å². The van der Waals surface area contributed by atoms with E-state index in [2.05, 4.69) is 41.1 Å². The molecule has 0 aliphatic heterocycles. The van der Waals surface area contributed by atoms with Gasteiger partial charge >= 0.3 is 0 Å². The summed E-state index contributed by atoms with van der Waals surface area (Å²) in [5, 5.41) is 0. The number of hydrogen-bond acceptors (Lipinski definition) is 4. The van der Waals surface area contributed by atoms with Gasteiger partial charge in [0.15, 0.2) is 0 Å². The maximum atomic E-state index is 5.59. The summed E-state index contributed by atoms with van der Waals surface area (Å²) in [7, 11) is 5.00. The van der Waals surface area contributed by atoms with Crippen LogP contribution in [0.3, 0.4) is 0 Å².